The van der Waals surface area contributed by atoms with Crippen molar-refractivity contribution in [2.24, 2.45) is 0 Å². The minimum atomic E-state index is -0.778. The van der Waals surface area contributed by atoms with Gasteiger partial charge in [-0.1, -0.05) is 37.3 Å². The highest BCUT2D eigenvalue weighted by atomic mass is 16.5. The molecule has 2 aromatic carbocycles. The van der Waals surface area contributed by atoms with E-state index in [4.69, 9.17) is 9.47 Å². The van der Waals surface area contributed by atoms with Crippen LogP contribution in [0.5, 0.6) is 11.5 Å². The van der Waals surface area contributed by atoms with Crippen molar-refractivity contribution in [2.75, 3.05) is 13.7 Å². The Morgan fingerprint density at radius 1 is 1.09 bits per heavy atom. The molecule has 0 heterocycles. The average molecular weight is 314 g/mol. The molecule has 0 saturated carbocycles. The summed E-state index contributed by atoms with van der Waals surface area (Å²) in [5.41, 5.74) is 1.56. The molecule has 0 aliphatic heterocycles. The van der Waals surface area contributed by atoms with E-state index in [-0.39, 0.29) is 29.5 Å². The van der Waals surface area contributed by atoms with E-state index < -0.39 is 5.97 Å². The third-order valence-corrected chi connectivity index (χ3v) is 3.46. The number of hydrogen-bond donors (Lipinski definition) is 1. The van der Waals surface area contributed by atoms with Crippen LogP contribution in [0, 0.1) is 0 Å². The lowest BCUT2D eigenvalue weighted by Crippen LogP contribution is -2.14. The number of hydrogen-bond acceptors (Lipinski definition) is 5. The van der Waals surface area contributed by atoms with Gasteiger partial charge in [0, 0.05) is 5.56 Å². The summed E-state index contributed by atoms with van der Waals surface area (Å²) in [6.07, 6.45) is 0.887. The van der Waals surface area contributed by atoms with Crippen LogP contribution in [0.4, 0.5) is 0 Å². The lowest BCUT2D eigenvalue weighted by Gasteiger charge is -2.08. The molecule has 0 atom stereocenters. The zero-order valence-corrected chi connectivity index (χ0v) is 13.0. The molecule has 0 unspecified atom stereocenters. The molecule has 0 amide bonds. The van der Waals surface area contributed by atoms with Crippen LogP contribution >= 0.6 is 0 Å². The van der Waals surface area contributed by atoms with Crippen LogP contribution in [0.2, 0.25) is 0 Å². The first-order valence-corrected chi connectivity index (χ1v) is 7.22. The molecule has 0 bridgehead atoms. The first-order valence-electron chi connectivity index (χ1n) is 7.22. The third-order valence-electron chi connectivity index (χ3n) is 3.46. The summed E-state index contributed by atoms with van der Waals surface area (Å²) >= 11 is 0. The number of esters is 1. The van der Waals surface area contributed by atoms with E-state index in [0.717, 1.165) is 12.0 Å². The van der Waals surface area contributed by atoms with Gasteiger partial charge in [0.2, 0.25) is 0 Å². The Kier molecular flexibility index (Phi) is 5.36. The number of ketones is 1. The van der Waals surface area contributed by atoms with Crippen molar-refractivity contribution in [3.63, 3.8) is 0 Å². The van der Waals surface area contributed by atoms with Crippen molar-refractivity contribution in [1.82, 2.24) is 0 Å². The van der Waals surface area contributed by atoms with Gasteiger partial charge in [-0.3, -0.25) is 4.79 Å². The molecule has 2 aromatic rings. The Morgan fingerprint density at radius 3 is 2.39 bits per heavy atom. The molecule has 0 aliphatic carbocycles. The zero-order valence-electron chi connectivity index (χ0n) is 13.0. The first-order chi connectivity index (χ1) is 11.1. The van der Waals surface area contributed by atoms with Gasteiger partial charge in [0.05, 0.1) is 7.11 Å². The van der Waals surface area contributed by atoms with Crippen molar-refractivity contribution in [3.05, 3.63) is 59.2 Å². The maximum atomic E-state index is 12.0. The van der Waals surface area contributed by atoms with E-state index in [1.807, 2.05) is 19.1 Å². The predicted octanol–water partition coefficient (Wildman–Crippen LogP) is 3.00. The second kappa shape index (κ2) is 7.45. The smallest absolute Gasteiger partial charge is 0.342 e. The van der Waals surface area contributed by atoms with Gasteiger partial charge in [0.1, 0.15) is 5.56 Å². The van der Waals surface area contributed by atoms with Crippen LogP contribution in [0.3, 0.4) is 0 Å². The summed E-state index contributed by atoms with van der Waals surface area (Å²) in [5.74, 6) is -1.22. The molecule has 0 saturated heterocycles. The molecule has 0 fully saturated rings. The summed E-state index contributed by atoms with van der Waals surface area (Å²) in [5, 5.41) is 9.89. The van der Waals surface area contributed by atoms with E-state index in [0.29, 0.717) is 5.56 Å². The van der Waals surface area contributed by atoms with Crippen LogP contribution in [0.1, 0.15) is 33.2 Å². The lowest BCUT2D eigenvalue weighted by atomic mass is 10.1. The lowest BCUT2D eigenvalue weighted by molar-refractivity contribution is 0.0471. The highest BCUT2D eigenvalue weighted by molar-refractivity contribution is 6.00. The number of rotatable bonds is 6. The van der Waals surface area contributed by atoms with Crippen molar-refractivity contribution in [3.8, 4) is 11.5 Å². The van der Waals surface area contributed by atoms with Crippen molar-refractivity contribution in [2.45, 2.75) is 13.3 Å². The molecule has 0 spiro atoms. The Bertz CT molecular complexity index is 704. The molecule has 5 heteroatoms. The number of methoxy groups -OCH3 is 1. The number of aryl methyl sites for hydroxylation is 1. The van der Waals surface area contributed by atoms with Crippen LogP contribution in [-0.2, 0) is 11.2 Å². The van der Waals surface area contributed by atoms with Gasteiger partial charge in [0.25, 0.3) is 0 Å². The van der Waals surface area contributed by atoms with Gasteiger partial charge in [-0.2, -0.15) is 0 Å². The monoisotopic (exact) mass is 314 g/mol. The summed E-state index contributed by atoms with van der Waals surface area (Å²) in [6.45, 7) is 1.64. The number of phenols is 1. The highest BCUT2D eigenvalue weighted by Crippen LogP contribution is 2.29. The number of benzene rings is 2. The summed E-state index contributed by atoms with van der Waals surface area (Å²) in [4.78, 5) is 24.0. The number of ether oxygens (including phenoxy) is 2. The van der Waals surface area contributed by atoms with E-state index in [2.05, 4.69) is 0 Å². The SMILES string of the molecule is CCc1ccc(C(=O)COC(=O)c2cccc(OC)c2O)cc1. The minimum Gasteiger partial charge on any atom is -0.504 e. The topological polar surface area (TPSA) is 72.8 Å². The summed E-state index contributed by atoms with van der Waals surface area (Å²) in [6, 6.07) is 11.6. The summed E-state index contributed by atoms with van der Waals surface area (Å²) < 4.78 is 9.90. The number of phenolic OH excluding ortho intramolecular Hbond substituents is 1. The van der Waals surface area contributed by atoms with Crippen LogP contribution in [-0.4, -0.2) is 30.6 Å². The Balaban J connectivity index is 2.02. The average Bonchev–Trinajstić information content (AvgIpc) is 2.59. The van der Waals surface area contributed by atoms with Gasteiger partial charge in [-0.25, -0.2) is 4.79 Å². The fourth-order valence-electron chi connectivity index (χ4n) is 2.07. The quantitative estimate of drug-likeness (QED) is 0.655. The molecule has 23 heavy (non-hydrogen) atoms. The van der Waals surface area contributed by atoms with Gasteiger partial charge in [0.15, 0.2) is 23.9 Å². The van der Waals surface area contributed by atoms with E-state index >= 15 is 0 Å². The first kappa shape index (κ1) is 16.5. The van der Waals surface area contributed by atoms with Crippen molar-refractivity contribution < 1.29 is 24.2 Å². The molecule has 0 aliphatic rings. The van der Waals surface area contributed by atoms with Gasteiger partial charge in [-0.15, -0.1) is 0 Å². The van der Waals surface area contributed by atoms with Crippen LogP contribution in [0.15, 0.2) is 42.5 Å². The molecular weight excluding hydrogens is 296 g/mol. The Hall–Kier alpha value is -2.82. The molecule has 5 nitrogen and oxygen atoms in total. The standard InChI is InChI=1S/C18H18O5/c1-3-12-7-9-13(10-8-12)15(19)11-23-18(21)14-5-4-6-16(22-2)17(14)20/h4-10,20H,3,11H2,1-2H3. The third kappa shape index (κ3) is 3.88. The molecular formula is C18H18O5. The second-order valence-corrected chi connectivity index (χ2v) is 4.91. The molecule has 0 radical (unpaired) electrons. The largest absolute Gasteiger partial charge is 0.504 e. The number of Topliss-reactive ketones (excluding diaryl/α,β-unsaturated/α-hetero) is 1. The van der Waals surface area contributed by atoms with Crippen molar-refractivity contribution in [1.29, 1.82) is 0 Å². The Morgan fingerprint density at radius 2 is 1.78 bits per heavy atom. The van der Waals surface area contributed by atoms with Crippen molar-refractivity contribution >= 4 is 11.8 Å². The number of aromatic hydroxyl groups is 1. The number of carbonyl (C=O) groups excluding carboxylic acids is 2. The maximum absolute atomic E-state index is 12.0. The fourth-order valence-corrected chi connectivity index (χ4v) is 2.07. The van der Waals surface area contributed by atoms with Gasteiger partial charge in [-0.05, 0) is 24.1 Å². The minimum absolute atomic E-state index is 0.0431. The molecule has 1 N–H and O–H groups in total. The van der Waals surface area contributed by atoms with Crippen LogP contribution < -0.4 is 4.74 Å². The summed E-state index contributed by atoms with van der Waals surface area (Å²) in [7, 11) is 1.38. The molecule has 0 aromatic heterocycles. The Labute approximate surface area is 134 Å². The number of carbonyl (C=O) groups is 2. The molecule has 2 rings (SSSR count). The number of para-hydroxylation sites is 1. The predicted molar refractivity (Wildman–Crippen MR) is 85.1 cm³/mol. The highest BCUT2D eigenvalue weighted by Gasteiger charge is 2.17. The van der Waals surface area contributed by atoms with E-state index in [9.17, 15) is 14.7 Å². The van der Waals surface area contributed by atoms with Gasteiger partial charge < -0.3 is 14.6 Å². The normalized spacial score (nSPS) is 10.2. The zero-order chi connectivity index (χ0) is 16.8. The second-order valence-electron chi connectivity index (χ2n) is 4.91. The maximum Gasteiger partial charge on any atom is 0.342 e. The van der Waals surface area contributed by atoms with E-state index in [1.165, 1.54) is 19.2 Å². The van der Waals surface area contributed by atoms with E-state index in [1.54, 1.807) is 18.2 Å². The fraction of sp³-hybridized carbons (Fsp3) is 0.222. The van der Waals surface area contributed by atoms with Crippen LogP contribution in [0.25, 0.3) is 0 Å². The molecule has 120 valence electrons. The van der Waals surface area contributed by atoms with Gasteiger partial charge >= 0.3 is 5.97 Å².